The highest BCUT2D eigenvalue weighted by molar-refractivity contribution is 7.80. The first-order valence-corrected chi connectivity index (χ1v) is 6.88. The summed E-state index contributed by atoms with van der Waals surface area (Å²) in [4.78, 5) is 7.18. The molecule has 1 aliphatic heterocycles. The van der Waals surface area contributed by atoms with Crippen molar-refractivity contribution in [2.24, 2.45) is 5.73 Å². The van der Waals surface area contributed by atoms with Crippen LogP contribution >= 0.6 is 12.2 Å². The lowest BCUT2D eigenvalue weighted by atomic mass is 10.2. The van der Waals surface area contributed by atoms with Crippen molar-refractivity contribution in [3.05, 3.63) is 23.9 Å². The number of rotatable bonds is 6. The zero-order valence-electron chi connectivity index (χ0n) is 10.6. The van der Waals surface area contributed by atoms with Gasteiger partial charge in [0, 0.05) is 18.3 Å². The second-order valence-corrected chi connectivity index (χ2v) is 5.06. The van der Waals surface area contributed by atoms with Crippen molar-refractivity contribution in [3.63, 3.8) is 0 Å². The van der Waals surface area contributed by atoms with Gasteiger partial charge >= 0.3 is 0 Å². The number of thiocarbonyl (C=S) groups is 1. The Morgan fingerprint density at radius 1 is 1.44 bits per heavy atom. The van der Waals surface area contributed by atoms with Gasteiger partial charge in [-0.1, -0.05) is 12.2 Å². The van der Waals surface area contributed by atoms with E-state index in [0.717, 1.165) is 24.3 Å². The summed E-state index contributed by atoms with van der Waals surface area (Å²) < 4.78 is 0. The van der Waals surface area contributed by atoms with Gasteiger partial charge in [-0.2, -0.15) is 0 Å². The van der Waals surface area contributed by atoms with Gasteiger partial charge in [-0.3, -0.25) is 0 Å². The van der Waals surface area contributed by atoms with E-state index in [0.29, 0.717) is 4.99 Å². The molecule has 1 aliphatic rings. The van der Waals surface area contributed by atoms with Crippen molar-refractivity contribution >= 4 is 23.0 Å². The SMILES string of the molecule is NC(=S)c1ccnc(NCCCN2CCCC2)c1. The van der Waals surface area contributed by atoms with E-state index in [1.54, 1.807) is 6.20 Å². The average molecular weight is 264 g/mol. The molecule has 5 heteroatoms. The van der Waals surface area contributed by atoms with Gasteiger partial charge < -0.3 is 16.0 Å². The van der Waals surface area contributed by atoms with Gasteiger partial charge in [0.1, 0.15) is 10.8 Å². The normalized spacial score (nSPS) is 15.8. The molecule has 18 heavy (non-hydrogen) atoms. The van der Waals surface area contributed by atoms with E-state index >= 15 is 0 Å². The number of nitrogens with zero attached hydrogens (tertiary/aromatic N) is 2. The van der Waals surface area contributed by atoms with Crippen molar-refractivity contribution in [1.82, 2.24) is 9.88 Å². The zero-order chi connectivity index (χ0) is 12.8. The summed E-state index contributed by atoms with van der Waals surface area (Å²) in [6.45, 7) is 4.62. The minimum atomic E-state index is 0.414. The number of nitrogens with two attached hydrogens (primary N) is 1. The van der Waals surface area contributed by atoms with Crippen molar-refractivity contribution in [3.8, 4) is 0 Å². The third-order valence-electron chi connectivity index (χ3n) is 3.20. The fourth-order valence-corrected chi connectivity index (χ4v) is 2.33. The minimum absolute atomic E-state index is 0.414. The van der Waals surface area contributed by atoms with E-state index in [-0.39, 0.29) is 0 Å². The van der Waals surface area contributed by atoms with E-state index in [1.807, 2.05) is 12.1 Å². The molecule has 2 heterocycles. The topological polar surface area (TPSA) is 54.2 Å². The standard InChI is InChI=1S/C13H20N4S/c14-13(18)11-4-6-16-12(10-11)15-5-3-9-17-7-1-2-8-17/h4,6,10H,1-3,5,7-9H2,(H2,14,18)(H,15,16). The highest BCUT2D eigenvalue weighted by atomic mass is 32.1. The Bertz CT molecular complexity index is 402. The van der Waals surface area contributed by atoms with Gasteiger partial charge in [-0.25, -0.2) is 4.98 Å². The first-order valence-electron chi connectivity index (χ1n) is 6.48. The molecule has 3 N–H and O–H groups in total. The van der Waals surface area contributed by atoms with Crippen LogP contribution in [-0.4, -0.2) is 41.1 Å². The molecule has 2 rings (SSSR count). The maximum Gasteiger partial charge on any atom is 0.126 e. The van der Waals surface area contributed by atoms with E-state index in [1.165, 1.54) is 32.5 Å². The molecule has 0 atom stereocenters. The van der Waals surface area contributed by atoms with E-state index in [2.05, 4.69) is 15.2 Å². The van der Waals surface area contributed by atoms with Gasteiger partial charge in [0.15, 0.2) is 0 Å². The van der Waals surface area contributed by atoms with Crippen molar-refractivity contribution in [2.45, 2.75) is 19.3 Å². The van der Waals surface area contributed by atoms with E-state index in [4.69, 9.17) is 18.0 Å². The molecule has 0 unspecified atom stereocenters. The minimum Gasteiger partial charge on any atom is -0.389 e. The number of likely N-dealkylation sites (tertiary alicyclic amines) is 1. The third kappa shape index (κ3) is 3.92. The Hall–Kier alpha value is -1.20. The van der Waals surface area contributed by atoms with Crippen LogP contribution in [0.3, 0.4) is 0 Å². The molecule has 0 aromatic carbocycles. The molecular formula is C13H20N4S. The second kappa shape index (κ2) is 6.66. The molecule has 1 aromatic rings. The van der Waals surface area contributed by atoms with E-state index < -0.39 is 0 Å². The molecule has 1 saturated heterocycles. The van der Waals surface area contributed by atoms with Crippen LogP contribution in [0.15, 0.2) is 18.3 Å². The number of aromatic nitrogens is 1. The molecular weight excluding hydrogens is 244 g/mol. The second-order valence-electron chi connectivity index (χ2n) is 4.62. The van der Waals surface area contributed by atoms with Crippen molar-refractivity contribution < 1.29 is 0 Å². The van der Waals surface area contributed by atoms with Crippen LogP contribution < -0.4 is 11.1 Å². The van der Waals surface area contributed by atoms with Crippen molar-refractivity contribution in [1.29, 1.82) is 0 Å². The fourth-order valence-electron chi connectivity index (χ4n) is 2.21. The largest absolute Gasteiger partial charge is 0.389 e. The van der Waals surface area contributed by atoms with Gasteiger partial charge in [0.05, 0.1) is 0 Å². The lowest BCUT2D eigenvalue weighted by Crippen LogP contribution is -2.22. The van der Waals surface area contributed by atoms with Crippen molar-refractivity contribution in [2.75, 3.05) is 31.5 Å². The summed E-state index contributed by atoms with van der Waals surface area (Å²) in [6, 6.07) is 3.73. The Labute approximate surface area is 114 Å². The smallest absolute Gasteiger partial charge is 0.126 e. The quantitative estimate of drug-likeness (QED) is 0.604. The Morgan fingerprint density at radius 2 is 2.22 bits per heavy atom. The molecule has 0 radical (unpaired) electrons. The third-order valence-corrected chi connectivity index (χ3v) is 3.44. The van der Waals surface area contributed by atoms with E-state index in [9.17, 15) is 0 Å². The zero-order valence-corrected chi connectivity index (χ0v) is 11.4. The molecule has 0 saturated carbocycles. The highest BCUT2D eigenvalue weighted by Crippen LogP contribution is 2.09. The number of hydrogen-bond donors (Lipinski definition) is 2. The van der Waals surface area contributed by atoms with Crippen LogP contribution in [0.25, 0.3) is 0 Å². The Kier molecular flexibility index (Phi) is 4.90. The van der Waals surface area contributed by atoms with Crippen LogP contribution in [-0.2, 0) is 0 Å². The predicted octanol–water partition coefficient (Wildman–Crippen LogP) is 1.61. The molecule has 0 aliphatic carbocycles. The van der Waals surface area contributed by atoms with Crippen LogP contribution in [0, 0.1) is 0 Å². The Morgan fingerprint density at radius 3 is 2.94 bits per heavy atom. The average Bonchev–Trinajstić information content (AvgIpc) is 2.88. The number of pyridine rings is 1. The van der Waals surface area contributed by atoms with Crippen LogP contribution in [0.4, 0.5) is 5.82 Å². The number of hydrogen-bond acceptors (Lipinski definition) is 4. The molecule has 0 bridgehead atoms. The van der Waals surface area contributed by atoms with Gasteiger partial charge in [-0.15, -0.1) is 0 Å². The molecule has 1 fully saturated rings. The molecule has 98 valence electrons. The summed E-state index contributed by atoms with van der Waals surface area (Å²) in [5, 5.41) is 3.31. The first kappa shape index (κ1) is 13.2. The predicted molar refractivity (Wildman–Crippen MR) is 78.9 cm³/mol. The highest BCUT2D eigenvalue weighted by Gasteiger charge is 2.10. The summed E-state index contributed by atoms with van der Waals surface area (Å²) in [5.41, 5.74) is 6.45. The maximum atomic E-state index is 5.59. The van der Waals surface area contributed by atoms with Gasteiger partial charge in [0.2, 0.25) is 0 Å². The van der Waals surface area contributed by atoms with Crippen LogP contribution in [0.5, 0.6) is 0 Å². The monoisotopic (exact) mass is 264 g/mol. The first-order chi connectivity index (χ1) is 8.75. The Balaban J connectivity index is 1.72. The van der Waals surface area contributed by atoms with Crippen LogP contribution in [0.1, 0.15) is 24.8 Å². The fraction of sp³-hybridized carbons (Fsp3) is 0.538. The van der Waals surface area contributed by atoms with Gasteiger partial charge in [-0.05, 0) is 51.0 Å². The lowest BCUT2D eigenvalue weighted by Gasteiger charge is -2.14. The summed E-state index contributed by atoms with van der Waals surface area (Å²) in [7, 11) is 0. The number of anilines is 1. The summed E-state index contributed by atoms with van der Waals surface area (Å²) >= 11 is 4.95. The molecule has 0 amide bonds. The summed E-state index contributed by atoms with van der Waals surface area (Å²) in [5.74, 6) is 0.849. The number of nitrogens with one attached hydrogen (secondary N) is 1. The molecule has 1 aromatic heterocycles. The lowest BCUT2D eigenvalue weighted by molar-refractivity contribution is 0.337. The maximum absolute atomic E-state index is 5.59. The van der Waals surface area contributed by atoms with Gasteiger partial charge in [0.25, 0.3) is 0 Å². The summed E-state index contributed by atoms with van der Waals surface area (Å²) in [6.07, 6.45) is 5.58. The molecule has 0 spiro atoms. The molecule has 4 nitrogen and oxygen atoms in total. The van der Waals surface area contributed by atoms with Crippen LogP contribution in [0.2, 0.25) is 0 Å².